The van der Waals surface area contributed by atoms with Gasteiger partial charge in [-0.05, 0) is 60.8 Å². The van der Waals surface area contributed by atoms with Crippen molar-refractivity contribution in [3.63, 3.8) is 0 Å². The van der Waals surface area contributed by atoms with Crippen molar-refractivity contribution in [3.05, 3.63) is 65.7 Å². The first kappa shape index (κ1) is 49.3. The Hall–Kier alpha value is -4.09. The summed E-state index contributed by atoms with van der Waals surface area (Å²) in [5.41, 5.74) is 2.84. The van der Waals surface area contributed by atoms with Crippen LogP contribution in [0.15, 0.2) is 59.6 Å². The van der Waals surface area contributed by atoms with E-state index in [-0.39, 0.29) is 66.2 Å². The highest BCUT2D eigenvalue weighted by molar-refractivity contribution is 5.96. The zero-order valence-electron chi connectivity index (χ0n) is 38.4. The highest BCUT2D eigenvalue weighted by Crippen LogP contribution is 2.31. The number of hydrogen-bond donors (Lipinski definition) is 1. The van der Waals surface area contributed by atoms with Crippen LogP contribution >= 0.6 is 0 Å². The third-order valence-corrected chi connectivity index (χ3v) is 12.3. The van der Waals surface area contributed by atoms with Gasteiger partial charge in [-0.25, -0.2) is 0 Å². The van der Waals surface area contributed by atoms with Crippen molar-refractivity contribution in [3.8, 4) is 0 Å². The molecule has 0 saturated carbocycles. The lowest BCUT2D eigenvalue weighted by molar-refractivity contribution is -0.146. The van der Waals surface area contributed by atoms with E-state index in [0.29, 0.717) is 25.1 Å². The third kappa shape index (κ3) is 13.5. The number of ketones is 1. The van der Waals surface area contributed by atoms with Crippen LogP contribution in [0.3, 0.4) is 0 Å². The lowest BCUT2D eigenvalue weighted by atomic mass is 9.85. The van der Waals surface area contributed by atoms with E-state index in [0.717, 1.165) is 30.7 Å². The van der Waals surface area contributed by atoms with Crippen LogP contribution < -0.4 is 5.32 Å². The number of ether oxygens (including phenoxy) is 2. The lowest BCUT2D eigenvalue weighted by Gasteiger charge is -2.40. The number of amidine groups is 1. The molecule has 11 nitrogen and oxygen atoms in total. The average Bonchev–Trinajstić information content (AvgIpc) is 3.70. The molecule has 2 aromatic carbocycles. The van der Waals surface area contributed by atoms with E-state index in [1.165, 1.54) is 5.56 Å². The Labute approximate surface area is 355 Å². The van der Waals surface area contributed by atoms with E-state index in [4.69, 9.17) is 14.5 Å². The maximum Gasteiger partial charge on any atom is 0.247 e. The predicted octanol–water partition coefficient (Wildman–Crippen LogP) is 7.57. The summed E-state index contributed by atoms with van der Waals surface area (Å²) in [4.78, 5) is 67.3. The first-order valence-corrected chi connectivity index (χ1v) is 21.8. The zero-order valence-corrected chi connectivity index (χ0v) is 38.4. The molecule has 0 aromatic heterocycles. The molecule has 8 atom stereocenters. The van der Waals surface area contributed by atoms with Crippen LogP contribution in [-0.4, -0.2) is 116 Å². The Balaban J connectivity index is 1.83. The first-order chi connectivity index (χ1) is 28.0. The molecule has 1 aliphatic rings. The number of hydrogen-bond acceptors (Lipinski definition) is 7. The Morgan fingerprint density at radius 3 is 2.03 bits per heavy atom. The van der Waals surface area contributed by atoms with Crippen LogP contribution in [0.25, 0.3) is 0 Å². The van der Waals surface area contributed by atoms with Gasteiger partial charge in [0.1, 0.15) is 17.7 Å². The predicted molar refractivity (Wildman–Crippen MR) is 238 cm³/mol. The Morgan fingerprint density at radius 2 is 1.51 bits per heavy atom. The number of aliphatic imine (C=N–C) groups is 1. The van der Waals surface area contributed by atoms with Crippen molar-refractivity contribution in [2.75, 3.05) is 47.2 Å². The SMILES string of the molecule is CCc1ccc(NC(=O)[C@@H](CC(=O)[C@H](C)[C@@H](OC)[C@@H]2CCCN2C(=O)C[C@@H](OC)[C@H]([C@@H](C)CC)N(C)C(=O)[C@@H](N=C(C(C)C)N(C)C)C(C)C)Cc2ccccc2)cc1. The molecule has 0 aliphatic carbocycles. The van der Waals surface area contributed by atoms with Crippen LogP contribution in [0.1, 0.15) is 98.6 Å². The van der Waals surface area contributed by atoms with Crippen molar-refractivity contribution >= 4 is 35.0 Å². The standard InChI is InChI=1S/C48H75N5O6/c1-14-33(7)44(52(11)48(57)43(31(3)4)50-46(32(5)6)51(9)10)41(58-12)30-42(55)53-27-19-22-39(53)45(59-13)34(8)40(54)29-37(28-36-20-17-16-18-21-36)47(56)49-38-25-23-35(15-2)24-26-38/h16-18,20-21,23-26,31-34,37,39,41,43-45H,14-15,19,22,27-30H2,1-13H3,(H,49,56)/t33-,34-,37+,39-,41+,43-,44-,45+/m0/s1. The fourth-order valence-corrected chi connectivity index (χ4v) is 8.61. The molecule has 328 valence electrons. The molecule has 0 bridgehead atoms. The van der Waals surface area contributed by atoms with Gasteiger partial charge in [-0.1, -0.05) is 104 Å². The summed E-state index contributed by atoms with van der Waals surface area (Å²) >= 11 is 0. The summed E-state index contributed by atoms with van der Waals surface area (Å²) in [6.45, 7) is 16.8. The molecule has 3 rings (SSSR count). The summed E-state index contributed by atoms with van der Waals surface area (Å²) in [6.07, 6.45) is 2.53. The van der Waals surface area contributed by atoms with Crippen LogP contribution in [0.4, 0.5) is 5.69 Å². The number of nitrogens with zero attached hydrogens (tertiary/aromatic N) is 4. The van der Waals surface area contributed by atoms with Crippen molar-refractivity contribution in [2.45, 2.75) is 131 Å². The van der Waals surface area contributed by atoms with E-state index in [1.807, 2.05) is 106 Å². The molecule has 59 heavy (non-hydrogen) atoms. The minimum atomic E-state index is -0.600. The summed E-state index contributed by atoms with van der Waals surface area (Å²) < 4.78 is 12.2. The number of carbonyl (C=O) groups is 4. The van der Waals surface area contributed by atoms with Gasteiger partial charge in [0, 0.05) is 71.8 Å². The molecule has 1 heterocycles. The smallest absolute Gasteiger partial charge is 0.247 e. The number of carbonyl (C=O) groups excluding carboxylic acids is 4. The number of likely N-dealkylation sites (tertiary alicyclic amines) is 1. The summed E-state index contributed by atoms with van der Waals surface area (Å²) in [5, 5.41) is 3.05. The van der Waals surface area contributed by atoms with Crippen molar-refractivity contribution in [1.29, 1.82) is 0 Å². The van der Waals surface area contributed by atoms with Crippen LogP contribution in [-0.2, 0) is 41.5 Å². The summed E-state index contributed by atoms with van der Waals surface area (Å²) in [5.74, 6) is -0.668. The quantitative estimate of drug-likeness (QED) is 0.0962. The van der Waals surface area contributed by atoms with Crippen LogP contribution in [0.5, 0.6) is 0 Å². The Bertz CT molecular complexity index is 1650. The molecule has 0 radical (unpaired) electrons. The summed E-state index contributed by atoms with van der Waals surface area (Å²) in [6, 6.07) is 16.2. The summed E-state index contributed by atoms with van der Waals surface area (Å²) in [7, 11) is 8.91. The molecule has 11 heteroatoms. The van der Waals surface area contributed by atoms with Gasteiger partial charge in [-0.15, -0.1) is 0 Å². The number of amides is 3. The van der Waals surface area contributed by atoms with E-state index >= 15 is 0 Å². The van der Waals surface area contributed by atoms with Crippen molar-refractivity contribution < 1.29 is 28.7 Å². The molecule has 3 amide bonds. The van der Waals surface area contributed by atoms with Crippen LogP contribution in [0.2, 0.25) is 0 Å². The molecular weight excluding hydrogens is 743 g/mol. The van der Waals surface area contributed by atoms with Crippen molar-refractivity contribution in [1.82, 2.24) is 14.7 Å². The van der Waals surface area contributed by atoms with E-state index in [2.05, 4.69) is 39.9 Å². The second kappa shape index (κ2) is 23.6. The van der Waals surface area contributed by atoms with Gasteiger partial charge in [0.05, 0.1) is 30.7 Å². The van der Waals surface area contributed by atoms with Crippen molar-refractivity contribution in [2.24, 2.45) is 34.6 Å². The van der Waals surface area contributed by atoms with Gasteiger partial charge in [-0.2, -0.15) is 0 Å². The average molecular weight is 818 g/mol. The third-order valence-electron chi connectivity index (χ3n) is 12.3. The number of Topliss-reactive ketones (excluding diaryl/α,β-unsaturated/α-hetero) is 1. The number of methoxy groups -OCH3 is 2. The molecule has 2 aromatic rings. The second-order valence-corrected chi connectivity index (χ2v) is 17.4. The second-order valence-electron chi connectivity index (χ2n) is 17.4. The number of nitrogens with one attached hydrogen (secondary N) is 1. The molecule has 0 unspecified atom stereocenters. The molecule has 1 N–H and O–H groups in total. The number of rotatable bonds is 22. The van der Waals surface area contributed by atoms with Gasteiger partial charge in [-0.3, -0.25) is 24.2 Å². The molecular formula is C48H75N5O6. The minimum Gasteiger partial charge on any atom is -0.379 e. The fourth-order valence-electron chi connectivity index (χ4n) is 8.61. The number of likely N-dealkylation sites (N-methyl/N-ethyl adjacent to an activating group) is 1. The van der Waals surface area contributed by atoms with E-state index in [9.17, 15) is 19.2 Å². The molecule has 1 aliphatic heterocycles. The first-order valence-electron chi connectivity index (χ1n) is 21.8. The maximum atomic E-state index is 14.4. The topological polar surface area (TPSA) is 121 Å². The molecule has 0 spiro atoms. The fraction of sp³-hybridized carbons (Fsp3) is 0.646. The minimum absolute atomic E-state index is 0.0345. The molecule has 1 fully saturated rings. The van der Waals surface area contributed by atoms with Gasteiger partial charge in [0.25, 0.3) is 0 Å². The zero-order chi connectivity index (χ0) is 44.0. The lowest BCUT2D eigenvalue weighted by Crippen LogP contribution is -2.54. The van der Waals surface area contributed by atoms with Crippen LogP contribution in [0, 0.1) is 29.6 Å². The monoisotopic (exact) mass is 818 g/mol. The van der Waals surface area contributed by atoms with Gasteiger partial charge in [0.15, 0.2) is 0 Å². The van der Waals surface area contributed by atoms with Gasteiger partial charge >= 0.3 is 0 Å². The van der Waals surface area contributed by atoms with E-state index in [1.54, 1.807) is 19.1 Å². The number of benzene rings is 2. The highest BCUT2D eigenvalue weighted by atomic mass is 16.5. The van der Waals surface area contributed by atoms with Gasteiger partial charge < -0.3 is 29.5 Å². The normalized spacial score (nSPS) is 18.2. The van der Waals surface area contributed by atoms with Gasteiger partial charge in [0.2, 0.25) is 17.7 Å². The van der Waals surface area contributed by atoms with E-state index < -0.39 is 30.1 Å². The maximum absolute atomic E-state index is 14.4. The molecule has 1 saturated heterocycles. The highest BCUT2D eigenvalue weighted by Gasteiger charge is 2.43. The Morgan fingerprint density at radius 1 is 0.864 bits per heavy atom. The largest absolute Gasteiger partial charge is 0.379 e. The Kier molecular flexibility index (Phi) is 19.7. The number of anilines is 1. The number of aryl methyl sites for hydroxylation is 1.